The fourth-order valence-electron chi connectivity index (χ4n) is 4.13. The van der Waals surface area contributed by atoms with Gasteiger partial charge in [0.1, 0.15) is 29.2 Å². The molecule has 1 fully saturated rings. The Hall–Kier alpha value is -2.70. The van der Waals surface area contributed by atoms with E-state index in [-0.39, 0.29) is 41.1 Å². The van der Waals surface area contributed by atoms with Crippen LogP contribution in [0.5, 0.6) is 5.75 Å². The average Bonchev–Trinajstić information content (AvgIpc) is 3.11. The average molecular weight is 450 g/mol. The topological polar surface area (TPSA) is 105 Å². The van der Waals surface area contributed by atoms with E-state index in [2.05, 4.69) is 20.3 Å². The molecule has 0 unspecified atom stereocenters. The second kappa shape index (κ2) is 7.77. The Morgan fingerprint density at radius 2 is 2.13 bits per heavy atom. The van der Waals surface area contributed by atoms with Crippen molar-refractivity contribution in [1.29, 1.82) is 0 Å². The molecule has 0 radical (unpaired) electrons. The van der Waals surface area contributed by atoms with Crippen molar-refractivity contribution in [2.45, 2.75) is 32.0 Å². The highest BCUT2D eigenvalue weighted by atomic mass is 32.2. The molecule has 1 saturated heterocycles. The Kier molecular flexibility index (Phi) is 5.07. The first-order chi connectivity index (χ1) is 15.0. The predicted molar refractivity (Wildman–Crippen MR) is 110 cm³/mol. The van der Waals surface area contributed by atoms with Crippen LogP contribution in [0.4, 0.5) is 14.7 Å². The number of aryl methyl sites for hydroxylation is 1. The Labute approximate surface area is 179 Å². The molecular formula is C19H20F2N6O3S. The first-order valence-corrected chi connectivity index (χ1v) is 10.6. The molecule has 2 atom stereocenters. The van der Waals surface area contributed by atoms with Crippen LogP contribution in [-0.2, 0) is 18.4 Å². The second-order valence-corrected chi connectivity index (χ2v) is 8.31. The maximum absolute atomic E-state index is 14.8. The van der Waals surface area contributed by atoms with Gasteiger partial charge in [-0.3, -0.25) is 0 Å². The van der Waals surface area contributed by atoms with Gasteiger partial charge in [-0.15, -0.1) is 0 Å². The van der Waals surface area contributed by atoms with Gasteiger partial charge < -0.3 is 19.7 Å². The molecule has 0 aliphatic carbocycles. The van der Waals surface area contributed by atoms with Crippen molar-refractivity contribution in [2.75, 3.05) is 25.0 Å². The number of aliphatic hydroxyl groups excluding tert-OH is 1. The third-order valence-electron chi connectivity index (χ3n) is 5.67. The summed E-state index contributed by atoms with van der Waals surface area (Å²) in [6, 6.07) is 0.782. The van der Waals surface area contributed by atoms with Gasteiger partial charge in [-0.05, 0) is 19.4 Å². The molecule has 31 heavy (non-hydrogen) atoms. The Morgan fingerprint density at radius 3 is 2.90 bits per heavy atom. The van der Waals surface area contributed by atoms with Gasteiger partial charge in [-0.25, -0.2) is 32.2 Å². The number of nitrogens with zero attached hydrogens (tertiary/aromatic N) is 5. The number of hydrogen-bond acceptors (Lipinski definition) is 7. The molecule has 2 aliphatic heterocycles. The van der Waals surface area contributed by atoms with E-state index in [1.54, 1.807) is 11.2 Å². The van der Waals surface area contributed by atoms with E-state index in [4.69, 9.17) is 4.74 Å². The molecular weight excluding hydrogens is 430 g/mol. The predicted octanol–water partition coefficient (Wildman–Crippen LogP) is 1.18. The standard InChI is InChI=1S/C19H20F2N6O3S/c1-9-23-16-11(20)6-10(18-17(16)27(9)4-5-30-18)15-12(21)7-22-19(25-15)24-13-2-3-26(31-29)8-14(13)28/h6-7,13-14,28,31H,2-5,8H2,1H3,(H,22,24,25)/t13-,14-/m1/s1. The van der Waals surface area contributed by atoms with E-state index < -0.39 is 23.8 Å². The summed E-state index contributed by atoms with van der Waals surface area (Å²) in [6.45, 7) is 3.39. The van der Waals surface area contributed by atoms with Crippen LogP contribution >= 0.6 is 0 Å². The molecule has 2 aliphatic rings. The first kappa shape index (κ1) is 20.2. The summed E-state index contributed by atoms with van der Waals surface area (Å²) < 4.78 is 49.8. The summed E-state index contributed by atoms with van der Waals surface area (Å²) in [7, 11) is 0. The lowest BCUT2D eigenvalue weighted by Gasteiger charge is -2.33. The minimum absolute atomic E-state index is 0.0989. The largest absolute Gasteiger partial charge is 0.489 e. The smallest absolute Gasteiger partial charge is 0.223 e. The zero-order chi connectivity index (χ0) is 21.7. The number of aromatic nitrogens is 4. The fourth-order valence-corrected chi connectivity index (χ4v) is 4.56. The maximum atomic E-state index is 14.8. The molecule has 2 N–H and O–H groups in total. The molecule has 1 aromatic carbocycles. The first-order valence-electron chi connectivity index (χ1n) is 9.84. The van der Waals surface area contributed by atoms with Gasteiger partial charge in [-0.2, -0.15) is 0 Å². The van der Waals surface area contributed by atoms with Crippen molar-refractivity contribution < 1.29 is 22.8 Å². The quantitative estimate of drug-likeness (QED) is 0.513. The fraction of sp³-hybridized carbons (Fsp3) is 0.421. The summed E-state index contributed by atoms with van der Waals surface area (Å²) in [5.74, 6) is -0.235. The minimum Gasteiger partial charge on any atom is -0.489 e. The summed E-state index contributed by atoms with van der Waals surface area (Å²) >= 11 is -0.143. The van der Waals surface area contributed by atoms with Gasteiger partial charge in [0.15, 0.2) is 17.4 Å². The Morgan fingerprint density at radius 1 is 1.29 bits per heavy atom. The van der Waals surface area contributed by atoms with Crippen LogP contribution in [0.25, 0.3) is 22.3 Å². The molecule has 0 saturated carbocycles. The minimum atomic E-state index is -0.803. The second-order valence-electron chi connectivity index (χ2n) is 7.58. The van der Waals surface area contributed by atoms with Crippen LogP contribution in [0.2, 0.25) is 0 Å². The number of ether oxygens (including phenoxy) is 1. The number of β-amino-alcohol motifs (C(OH)–C–C–N with tert-alkyl or cyclic N) is 1. The third kappa shape index (κ3) is 3.44. The van der Waals surface area contributed by atoms with Crippen LogP contribution in [0, 0.1) is 18.6 Å². The van der Waals surface area contributed by atoms with E-state index in [1.165, 1.54) is 6.07 Å². The van der Waals surface area contributed by atoms with Crippen LogP contribution in [0.15, 0.2) is 12.3 Å². The van der Waals surface area contributed by atoms with Gasteiger partial charge in [-0.1, -0.05) is 0 Å². The number of halogens is 2. The van der Waals surface area contributed by atoms with Crippen molar-refractivity contribution in [2.24, 2.45) is 0 Å². The number of benzene rings is 1. The van der Waals surface area contributed by atoms with Crippen LogP contribution in [0.1, 0.15) is 12.2 Å². The van der Waals surface area contributed by atoms with E-state index in [1.807, 2.05) is 4.57 Å². The number of thiol groups is 1. The molecule has 4 heterocycles. The lowest BCUT2D eigenvalue weighted by Crippen LogP contribution is -2.48. The zero-order valence-electron chi connectivity index (χ0n) is 16.5. The number of piperidine rings is 1. The van der Waals surface area contributed by atoms with E-state index >= 15 is 0 Å². The highest BCUT2D eigenvalue weighted by Gasteiger charge is 2.29. The maximum Gasteiger partial charge on any atom is 0.223 e. The van der Waals surface area contributed by atoms with Crippen molar-refractivity contribution in [3.05, 3.63) is 29.7 Å². The molecule has 3 aromatic rings. The number of rotatable bonds is 4. The molecule has 2 aromatic heterocycles. The summed E-state index contributed by atoms with van der Waals surface area (Å²) in [6.07, 6.45) is 0.700. The lowest BCUT2D eigenvalue weighted by molar-refractivity contribution is 0.0980. The highest BCUT2D eigenvalue weighted by molar-refractivity contribution is 7.63. The van der Waals surface area contributed by atoms with Gasteiger partial charge in [0.25, 0.3) is 0 Å². The van der Waals surface area contributed by atoms with Crippen molar-refractivity contribution >= 4 is 28.8 Å². The molecule has 0 amide bonds. The molecule has 12 heteroatoms. The van der Waals surface area contributed by atoms with Crippen molar-refractivity contribution in [3.63, 3.8) is 0 Å². The van der Waals surface area contributed by atoms with E-state index in [0.29, 0.717) is 43.2 Å². The summed E-state index contributed by atoms with van der Waals surface area (Å²) in [5.41, 5.74) is 0.724. The number of anilines is 1. The van der Waals surface area contributed by atoms with Gasteiger partial charge in [0, 0.05) is 13.1 Å². The van der Waals surface area contributed by atoms with Crippen LogP contribution in [-0.4, -0.2) is 65.0 Å². The molecule has 0 spiro atoms. The Balaban J connectivity index is 1.54. The molecule has 9 nitrogen and oxygen atoms in total. The van der Waals surface area contributed by atoms with Crippen LogP contribution < -0.4 is 10.1 Å². The SMILES string of the molecule is Cc1nc2c(F)cc(-c3nc(N[C@@H]4CCN([SH]=O)C[C@H]4O)ncc3F)c3c2n1CCO3. The van der Waals surface area contributed by atoms with Crippen molar-refractivity contribution in [3.8, 4) is 17.0 Å². The van der Waals surface area contributed by atoms with Crippen molar-refractivity contribution in [1.82, 2.24) is 23.8 Å². The van der Waals surface area contributed by atoms with Gasteiger partial charge in [0.05, 0.1) is 42.3 Å². The summed E-state index contributed by atoms with van der Waals surface area (Å²) in [4.78, 5) is 12.5. The highest BCUT2D eigenvalue weighted by Crippen LogP contribution is 2.40. The number of aliphatic hydroxyl groups is 1. The number of imidazole rings is 1. The summed E-state index contributed by atoms with van der Waals surface area (Å²) in [5, 5.41) is 13.3. The molecule has 5 rings (SSSR count). The molecule has 164 valence electrons. The van der Waals surface area contributed by atoms with Crippen LogP contribution in [0.3, 0.4) is 0 Å². The van der Waals surface area contributed by atoms with E-state index in [0.717, 1.165) is 6.20 Å². The van der Waals surface area contributed by atoms with Gasteiger partial charge >= 0.3 is 0 Å². The third-order valence-corrected chi connectivity index (χ3v) is 6.26. The van der Waals surface area contributed by atoms with E-state index in [9.17, 15) is 18.1 Å². The monoisotopic (exact) mass is 450 g/mol. The normalized spacial score (nSPS) is 21.3. The zero-order valence-corrected chi connectivity index (χ0v) is 17.4. The number of nitrogens with one attached hydrogen (secondary N) is 1. The molecule has 0 bridgehead atoms. The Bertz CT molecular complexity index is 1190. The lowest BCUT2D eigenvalue weighted by atomic mass is 10.0. The van der Waals surface area contributed by atoms with Gasteiger partial charge in [0.2, 0.25) is 5.95 Å². The number of hydrogen-bond donors (Lipinski definition) is 3.